The molecule has 0 spiro atoms. The van der Waals surface area contributed by atoms with E-state index in [1.165, 1.54) is 4.90 Å². The first-order valence-electron chi connectivity index (χ1n) is 7.06. The number of nitrogens with zero attached hydrogens (tertiary/aromatic N) is 1. The molecule has 1 amide bonds. The third-order valence-electron chi connectivity index (χ3n) is 3.59. The second-order valence-electron chi connectivity index (χ2n) is 6.74. The summed E-state index contributed by atoms with van der Waals surface area (Å²) in [5.41, 5.74) is -1.05. The highest BCUT2D eigenvalue weighted by Gasteiger charge is 2.51. The number of carbonyl (C=O) groups is 1. The van der Waals surface area contributed by atoms with Crippen molar-refractivity contribution in [3.8, 4) is 5.75 Å². The molecule has 1 aliphatic heterocycles. The summed E-state index contributed by atoms with van der Waals surface area (Å²) in [4.78, 5) is 14.1. The van der Waals surface area contributed by atoms with E-state index >= 15 is 0 Å². The molecule has 1 heterocycles. The number of amides is 1. The van der Waals surface area contributed by atoms with Crippen molar-refractivity contribution in [3.63, 3.8) is 0 Å². The quantitative estimate of drug-likeness (QED) is 0.910. The van der Waals surface area contributed by atoms with Crippen LogP contribution in [-0.2, 0) is 4.74 Å². The Morgan fingerprint density at radius 3 is 2.57 bits per heavy atom. The van der Waals surface area contributed by atoms with Crippen LogP contribution < -0.4 is 4.74 Å². The van der Waals surface area contributed by atoms with Gasteiger partial charge < -0.3 is 14.6 Å². The molecule has 0 aliphatic carbocycles. The fraction of sp³-hybridized carbons (Fsp3) is 0.562. The predicted octanol–water partition coefficient (Wildman–Crippen LogP) is 2.64. The van der Waals surface area contributed by atoms with Gasteiger partial charge in [0.15, 0.2) is 0 Å². The summed E-state index contributed by atoms with van der Waals surface area (Å²) >= 11 is 0. The van der Waals surface area contributed by atoms with E-state index in [4.69, 9.17) is 9.47 Å². The Bertz CT molecular complexity index is 497. The average molecular weight is 293 g/mol. The van der Waals surface area contributed by atoms with Gasteiger partial charge in [0, 0.05) is 5.41 Å². The summed E-state index contributed by atoms with van der Waals surface area (Å²) in [6.45, 7) is 7.88. The lowest BCUT2D eigenvalue weighted by Gasteiger charge is -2.38. The Balaban J connectivity index is 2.25. The van der Waals surface area contributed by atoms with Crippen molar-refractivity contribution in [1.29, 1.82) is 0 Å². The summed E-state index contributed by atoms with van der Waals surface area (Å²) in [6.07, 6.45) is -0.943. The van der Waals surface area contributed by atoms with Gasteiger partial charge >= 0.3 is 6.09 Å². The molecule has 0 radical (unpaired) electrons. The van der Waals surface area contributed by atoms with Crippen LogP contribution in [0.25, 0.3) is 0 Å². The Kier molecular flexibility index (Phi) is 4.25. The van der Waals surface area contributed by atoms with Crippen LogP contribution in [0.15, 0.2) is 30.3 Å². The van der Waals surface area contributed by atoms with Crippen LogP contribution in [0.1, 0.15) is 27.7 Å². The molecule has 0 aromatic heterocycles. The third-order valence-corrected chi connectivity index (χ3v) is 3.59. The normalized spacial score (nSPS) is 26.0. The molecule has 1 saturated heterocycles. The lowest BCUT2D eigenvalue weighted by molar-refractivity contribution is -0.0440. The van der Waals surface area contributed by atoms with E-state index in [0.717, 1.165) is 0 Å². The van der Waals surface area contributed by atoms with E-state index in [-0.39, 0.29) is 18.6 Å². The molecular weight excluding hydrogens is 270 g/mol. The number of carbonyl (C=O) groups excluding carboxylic acids is 1. The van der Waals surface area contributed by atoms with Crippen molar-refractivity contribution < 1.29 is 19.4 Å². The molecule has 1 aliphatic rings. The summed E-state index contributed by atoms with van der Waals surface area (Å²) < 4.78 is 11.2. The lowest BCUT2D eigenvalue weighted by Crippen LogP contribution is -2.56. The zero-order valence-corrected chi connectivity index (χ0v) is 13.0. The van der Waals surface area contributed by atoms with Crippen LogP contribution in [0, 0.1) is 5.41 Å². The van der Waals surface area contributed by atoms with Crippen molar-refractivity contribution in [2.45, 2.75) is 39.5 Å². The molecule has 1 aromatic carbocycles. The smallest absolute Gasteiger partial charge is 0.410 e. The fourth-order valence-corrected chi connectivity index (χ4v) is 2.40. The predicted molar refractivity (Wildman–Crippen MR) is 79.0 cm³/mol. The Morgan fingerprint density at radius 1 is 1.43 bits per heavy atom. The summed E-state index contributed by atoms with van der Waals surface area (Å²) in [6, 6.07) is 8.89. The largest absolute Gasteiger partial charge is 0.417 e. The van der Waals surface area contributed by atoms with E-state index < -0.39 is 17.9 Å². The number of hydrogen-bond acceptors (Lipinski definition) is 4. The molecule has 0 saturated carbocycles. The molecule has 5 nitrogen and oxygen atoms in total. The summed E-state index contributed by atoms with van der Waals surface area (Å²) in [7, 11) is 0. The third kappa shape index (κ3) is 3.19. The zero-order valence-electron chi connectivity index (χ0n) is 13.0. The molecule has 21 heavy (non-hydrogen) atoms. The van der Waals surface area contributed by atoms with Crippen molar-refractivity contribution >= 4 is 6.09 Å². The maximum atomic E-state index is 12.6. The first kappa shape index (κ1) is 15.8. The minimum absolute atomic E-state index is 0.177. The minimum Gasteiger partial charge on any atom is -0.410 e. The number of aliphatic hydroxyl groups excluding tert-OH is 1. The topological polar surface area (TPSA) is 59.0 Å². The van der Waals surface area contributed by atoms with Gasteiger partial charge in [-0.3, -0.25) is 4.90 Å². The summed E-state index contributed by atoms with van der Waals surface area (Å²) in [5, 5.41) is 9.66. The van der Waals surface area contributed by atoms with Crippen LogP contribution >= 0.6 is 0 Å². The van der Waals surface area contributed by atoms with Crippen LogP contribution in [0.5, 0.6) is 5.75 Å². The standard InChI is InChI=1S/C16H23NO4/c1-15(2,3)13-17(16(4,10-18)11-20-13)14(19)21-12-8-6-5-7-9-12/h5-9,13,18H,10-11H2,1-4H3. The molecular formula is C16H23NO4. The van der Waals surface area contributed by atoms with Gasteiger partial charge in [-0.25, -0.2) is 4.79 Å². The molecule has 5 heteroatoms. The first-order valence-corrected chi connectivity index (χ1v) is 7.06. The Labute approximate surface area is 125 Å². The Hall–Kier alpha value is -1.59. The second-order valence-corrected chi connectivity index (χ2v) is 6.74. The number of ether oxygens (including phenoxy) is 2. The van der Waals surface area contributed by atoms with Gasteiger partial charge in [0.1, 0.15) is 12.0 Å². The van der Waals surface area contributed by atoms with Gasteiger partial charge in [-0.2, -0.15) is 0 Å². The molecule has 1 aromatic rings. The second kappa shape index (κ2) is 5.66. The summed E-state index contributed by atoms with van der Waals surface area (Å²) in [5.74, 6) is 0.474. The van der Waals surface area contributed by atoms with Gasteiger partial charge in [0.25, 0.3) is 0 Å². The maximum Gasteiger partial charge on any atom is 0.417 e. The van der Waals surface area contributed by atoms with Crippen LogP contribution in [-0.4, -0.2) is 41.1 Å². The highest BCUT2D eigenvalue weighted by Crippen LogP contribution is 2.37. The SMILES string of the molecule is CC(C)(C)C1OCC(C)(CO)N1C(=O)Oc1ccccc1. The van der Waals surface area contributed by atoms with Gasteiger partial charge in [0.2, 0.25) is 0 Å². The number of hydrogen-bond donors (Lipinski definition) is 1. The monoisotopic (exact) mass is 293 g/mol. The molecule has 2 atom stereocenters. The lowest BCUT2D eigenvalue weighted by atomic mass is 9.92. The zero-order chi connectivity index (χ0) is 15.7. The molecule has 2 rings (SSSR count). The van der Waals surface area contributed by atoms with E-state index in [1.54, 1.807) is 31.2 Å². The molecule has 0 bridgehead atoms. The van der Waals surface area contributed by atoms with Crippen molar-refractivity contribution in [2.24, 2.45) is 5.41 Å². The van der Waals surface area contributed by atoms with Crippen molar-refractivity contribution in [3.05, 3.63) is 30.3 Å². The maximum absolute atomic E-state index is 12.6. The van der Waals surface area contributed by atoms with E-state index in [1.807, 2.05) is 26.8 Å². The van der Waals surface area contributed by atoms with Gasteiger partial charge in [-0.15, -0.1) is 0 Å². The highest BCUT2D eigenvalue weighted by atomic mass is 16.6. The molecule has 1 fully saturated rings. The fourth-order valence-electron chi connectivity index (χ4n) is 2.40. The van der Waals surface area contributed by atoms with E-state index in [9.17, 15) is 9.90 Å². The van der Waals surface area contributed by atoms with E-state index in [0.29, 0.717) is 5.75 Å². The van der Waals surface area contributed by atoms with Gasteiger partial charge in [0.05, 0.1) is 18.8 Å². The van der Waals surface area contributed by atoms with Crippen LogP contribution in [0.3, 0.4) is 0 Å². The van der Waals surface area contributed by atoms with Crippen molar-refractivity contribution in [2.75, 3.05) is 13.2 Å². The minimum atomic E-state index is -0.774. The van der Waals surface area contributed by atoms with Gasteiger partial charge in [-0.05, 0) is 19.1 Å². The number of benzene rings is 1. The van der Waals surface area contributed by atoms with Crippen molar-refractivity contribution in [1.82, 2.24) is 4.90 Å². The molecule has 2 unspecified atom stereocenters. The van der Waals surface area contributed by atoms with Gasteiger partial charge in [-0.1, -0.05) is 39.0 Å². The highest BCUT2D eigenvalue weighted by molar-refractivity contribution is 5.72. The van der Waals surface area contributed by atoms with Crippen LogP contribution in [0.2, 0.25) is 0 Å². The number of aliphatic hydroxyl groups is 1. The first-order chi connectivity index (χ1) is 9.78. The Morgan fingerprint density at radius 2 is 2.05 bits per heavy atom. The molecule has 1 N–H and O–H groups in total. The number of para-hydroxylation sites is 1. The molecule has 116 valence electrons. The average Bonchev–Trinajstić information content (AvgIpc) is 2.78. The van der Waals surface area contributed by atoms with Crippen LogP contribution in [0.4, 0.5) is 4.79 Å². The number of rotatable bonds is 2. The van der Waals surface area contributed by atoms with E-state index in [2.05, 4.69) is 0 Å².